The van der Waals surface area contributed by atoms with E-state index in [0.29, 0.717) is 16.1 Å². The van der Waals surface area contributed by atoms with Crippen LogP contribution in [0.5, 0.6) is 5.75 Å². The average Bonchev–Trinajstić information content (AvgIpc) is 2.44. The number of aryl methyl sites for hydroxylation is 1. The first kappa shape index (κ1) is 15.4. The van der Waals surface area contributed by atoms with Gasteiger partial charge in [0.05, 0.1) is 11.2 Å². The summed E-state index contributed by atoms with van der Waals surface area (Å²) in [5.74, 6) is -0.451. The van der Waals surface area contributed by atoms with Crippen LogP contribution in [0.15, 0.2) is 41.5 Å². The van der Waals surface area contributed by atoms with Crippen molar-refractivity contribution in [3.63, 3.8) is 0 Å². The molecule has 0 saturated heterocycles. The molecule has 0 aliphatic rings. The third-order valence-corrected chi connectivity index (χ3v) is 3.25. The third-order valence-electron chi connectivity index (χ3n) is 2.71. The van der Waals surface area contributed by atoms with E-state index < -0.39 is 0 Å². The van der Waals surface area contributed by atoms with Gasteiger partial charge in [0.1, 0.15) is 5.75 Å². The van der Waals surface area contributed by atoms with Gasteiger partial charge in [-0.1, -0.05) is 23.2 Å². The topological polar surface area (TPSA) is 61.7 Å². The molecule has 0 atom stereocenters. The summed E-state index contributed by atoms with van der Waals surface area (Å²) < 4.78 is 0. The number of carbonyl (C=O) groups is 1. The Labute approximate surface area is 132 Å². The first-order valence-electron chi connectivity index (χ1n) is 6.05. The van der Waals surface area contributed by atoms with Crippen LogP contribution in [0.3, 0.4) is 0 Å². The number of phenols is 1. The van der Waals surface area contributed by atoms with Crippen molar-refractivity contribution < 1.29 is 9.90 Å². The molecule has 2 aromatic carbocycles. The highest BCUT2D eigenvalue weighted by atomic mass is 35.5. The molecule has 1 amide bonds. The Morgan fingerprint density at radius 3 is 2.57 bits per heavy atom. The van der Waals surface area contributed by atoms with Gasteiger partial charge in [0.25, 0.3) is 5.91 Å². The molecule has 4 nitrogen and oxygen atoms in total. The number of nitrogens with zero attached hydrogens (tertiary/aromatic N) is 1. The largest absolute Gasteiger partial charge is 0.506 e. The number of amides is 1. The predicted molar refractivity (Wildman–Crippen MR) is 84.4 cm³/mol. The van der Waals surface area contributed by atoms with E-state index in [0.717, 1.165) is 5.56 Å². The predicted octanol–water partition coefficient (Wildman–Crippen LogP) is 3.77. The number of phenolic OH excluding ortho intramolecular Hbond substituents is 1. The van der Waals surface area contributed by atoms with Crippen LogP contribution in [-0.4, -0.2) is 17.2 Å². The molecular weight excluding hydrogens is 311 g/mol. The lowest BCUT2D eigenvalue weighted by Gasteiger charge is -2.03. The summed E-state index contributed by atoms with van der Waals surface area (Å²) in [4.78, 5) is 11.8. The average molecular weight is 323 g/mol. The van der Waals surface area contributed by atoms with E-state index in [9.17, 15) is 9.90 Å². The van der Waals surface area contributed by atoms with Gasteiger partial charge in [0.15, 0.2) is 0 Å². The van der Waals surface area contributed by atoms with E-state index in [1.54, 1.807) is 36.4 Å². The van der Waals surface area contributed by atoms with Crippen molar-refractivity contribution >= 4 is 35.3 Å². The highest BCUT2D eigenvalue weighted by Gasteiger charge is 2.06. The summed E-state index contributed by atoms with van der Waals surface area (Å²) in [6.45, 7) is 1.84. The minimum atomic E-state index is -0.374. The summed E-state index contributed by atoms with van der Waals surface area (Å²) >= 11 is 11.6. The van der Waals surface area contributed by atoms with Crippen molar-refractivity contribution in [2.45, 2.75) is 6.92 Å². The number of rotatable bonds is 3. The first-order chi connectivity index (χ1) is 9.97. The van der Waals surface area contributed by atoms with E-state index >= 15 is 0 Å². The summed E-state index contributed by atoms with van der Waals surface area (Å²) in [5, 5.41) is 14.4. The van der Waals surface area contributed by atoms with Crippen LogP contribution in [0.1, 0.15) is 21.5 Å². The molecule has 0 aliphatic carbocycles. The SMILES string of the molecule is Cc1cc(Cl)c(O)c(/C=N/NC(=O)c2ccc(Cl)cc2)c1. The van der Waals surface area contributed by atoms with Gasteiger partial charge < -0.3 is 5.11 Å². The highest BCUT2D eigenvalue weighted by molar-refractivity contribution is 6.32. The number of carbonyl (C=O) groups excluding carboxylic acids is 1. The van der Waals surface area contributed by atoms with Crippen LogP contribution < -0.4 is 5.43 Å². The molecule has 0 heterocycles. The number of aromatic hydroxyl groups is 1. The normalized spacial score (nSPS) is 10.8. The number of halogens is 2. The Morgan fingerprint density at radius 2 is 1.90 bits per heavy atom. The Bertz CT molecular complexity index is 698. The fourth-order valence-corrected chi connectivity index (χ4v) is 2.09. The molecule has 0 unspecified atom stereocenters. The second-order valence-electron chi connectivity index (χ2n) is 4.39. The second kappa shape index (κ2) is 6.61. The third kappa shape index (κ3) is 3.97. The number of benzene rings is 2. The Morgan fingerprint density at radius 1 is 1.24 bits per heavy atom. The van der Waals surface area contributed by atoms with Crippen LogP contribution in [0, 0.1) is 6.92 Å². The standard InChI is InChI=1S/C15H12Cl2N2O2/c1-9-6-11(14(20)13(17)7-9)8-18-19-15(21)10-2-4-12(16)5-3-10/h2-8,20H,1H3,(H,19,21)/b18-8+. The van der Waals surface area contributed by atoms with Gasteiger partial charge in [-0.25, -0.2) is 5.43 Å². The summed E-state index contributed by atoms with van der Waals surface area (Å²) in [6.07, 6.45) is 1.34. The van der Waals surface area contributed by atoms with Gasteiger partial charge >= 0.3 is 0 Å². The van der Waals surface area contributed by atoms with Gasteiger partial charge in [0, 0.05) is 16.1 Å². The van der Waals surface area contributed by atoms with Crippen molar-refractivity contribution in [2.75, 3.05) is 0 Å². The molecule has 0 saturated carbocycles. The van der Waals surface area contributed by atoms with Gasteiger partial charge in [-0.2, -0.15) is 5.10 Å². The summed E-state index contributed by atoms with van der Waals surface area (Å²) in [7, 11) is 0. The molecule has 0 aromatic heterocycles. The number of hydrogen-bond donors (Lipinski definition) is 2. The molecule has 2 rings (SSSR count). The lowest BCUT2D eigenvalue weighted by Crippen LogP contribution is -2.17. The monoisotopic (exact) mass is 322 g/mol. The first-order valence-corrected chi connectivity index (χ1v) is 6.81. The Balaban J connectivity index is 2.09. The molecule has 21 heavy (non-hydrogen) atoms. The fraction of sp³-hybridized carbons (Fsp3) is 0.0667. The molecule has 6 heteroatoms. The van der Waals surface area contributed by atoms with Crippen LogP contribution in [0.25, 0.3) is 0 Å². The summed E-state index contributed by atoms with van der Waals surface area (Å²) in [5.41, 5.74) is 4.10. The minimum Gasteiger partial charge on any atom is -0.506 e. The number of hydrogen-bond acceptors (Lipinski definition) is 3. The molecule has 0 bridgehead atoms. The maximum atomic E-state index is 11.8. The lowest BCUT2D eigenvalue weighted by atomic mass is 10.1. The molecule has 0 fully saturated rings. The second-order valence-corrected chi connectivity index (χ2v) is 5.23. The van der Waals surface area contributed by atoms with E-state index in [-0.39, 0.29) is 16.7 Å². The smallest absolute Gasteiger partial charge is 0.271 e. The molecule has 0 radical (unpaired) electrons. The van der Waals surface area contributed by atoms with Gasteiger partial charge in [-0.3, -0.25) is 4.79 Å². The van der Waals surface area contributed by atoms with Gasteiger partial charge in [0.2, 0.25) is 0 Å². The maximum Gasteiger partial charge on any atom is 0.271 e. The zero-order chi connectivity index (χ0) is 15.4. The maximum absolute atomic E-state index is 11.8. The highest BCUT2D eigenvalue weighted by Crippen LogP contribution is 2.27. The van der Waals surface area contributed by atoms with Gasteiger partial charge in [-0.05, 0) is 48.9 Å². The molecule has 0 aliphatic heterocycles. The van der Waals surface area contributed by atoms with Crippen molar-refractivity contribution in [1.82, 2.24) is 5.43 Å². The van der Waals surface area contributed by atoms with Crippen LogP contribution in [0.2, 0.25) is 10.0 Å². The Hall–Kier alpha value is -2.04. The fourth-order valence-electron chi connectivity index (χ4n) is 1.69. The molecule has 108 valence electrons. The Kier molecular flexibility index (Phi) is 4.83. The molecule has 2 N–H and O–H groups in total. The molecule has 2 aromatic rings. The van der Waals surface area contributed by atoms with Crippen molar-refractivity contribution in [1.29, 1.82) is 0 Å². The van der Waals surface area contributed by atoms with E-state index in [1.807, 2.05) is 6.92 Å². The van der Waals surface area contributed by atoms with Crippen molar-refractivity contribution in [3.8, 4) is 5.75 Å². The zero-order valence-electron chi connectivity index (χ0n) is 11.1. The van der Waals surface area contributed by atoms with Crippen molar-refractivity contribution in [3.05, 3.63) is 63.1 Å². The number of nitrogens with one attached hydrogen (secondary N) is 1. The number of hydrazone groups is 1. The van der Waals surface area contributed by atoms with E-state index in [2.05, 4.69) is 10.5 Å². The van der Waals surface area contributed by atoms with Crippen molar-refractivity contribution in [2.24, 2.45) is 5.10 Å². The van der Waals surface area contributed by atoms with Crippen LogP contribution >= 0.6 is 23.2 Å². The zero-order valence-corrected chi connectivity index (χ0v) is 12.6. The van der Waals surface area contributed by atoms with Gasteiger partial charge in [-0.15, -0.1) is 0 Å². The summed E-state index contributed by atoms with van der Waals surface area (Å²) in [6, 6.07) is 9.76. The lowest BCUT2D eigenvalue weighted by molar-refractivity contribution is 0.0955. The minimum absolute atomic E-state index is 0.0771. The molecule has 0 spiro atoms. The van der Waals surface area contributed by atoms with Crippen LogP contribution in [-0.2, 0) is 0 Å². The van der Waals surface area contributed by atoms with Crippen LogP contribution in [0.4, 0.5) is 0 Å². The quantitative estimate of drug-likeness (QED) is 0.667. The van der Waals surface area contributed by atoms with E-state index in [4.69, 9.17) is 23.2 Å². The molecular formula is C15H12Cl2N2O2. The van der Waals surface area contributed by atoms with E-state index in [1.165, 1.54) is 6.21 Å².